The molecule has 2 heteroatoms. The van der Waals surface area contributed by atoms with Gasteiger partial charge >= 0.3 is 0 Å². The van der Waals surface area contributed by atoms with Crippen molar-refractivity contribution in [2.75, 3.05) is 26.2 Å². The number of hydrogen-bond donors (Lipinski definition) is 2. The third-order valence-corrected chi connectivity index (χ3v) is 3.66. The van der Waals surface area contributed by atoms with Crippen LogP contribution in [0.2, 0.25) is 0 Å². The Morgan fingerprint density at radius 1 is 0.875 bits per heavy atom. The second-order valence-corrected chi connectivity index (χ2v) is 5.10. The van der Waals surface area contributed by atoms with Gasteiger partial charge in [-0.2, -0.15) is 0 Å². The van der Waals surface area contributed by atoms with Crippen molar-refractivity contribution in [1.29, 1.82) is 0 Å². The largest absolute Gasteiger partial charge is 0.317 e. The maximum atomic E-state index is 3.57. The van der Waals surface area contributed by atoms with Crippen molar-refractivity contribution >= 4 is 0 Å². The summed E-state index contributed by atoms with van der Waals surface area (Å²) in [5.74, 6) is 1.02. The van der Waals surface area contributed by atoms with Crippen molar-refractivity contribution in [2.45, 2.75) is 58.3 Å². The number of nitrogens with one attached hydrogen (secondary N) is 2. The highest BCUT2D eigenvalue weighted by molar-refractivity contribution is 4.65. The van der Waals surface area contributed by atoms with Crippen LogP contribution in [0.4, 0.5) is 0 Å². The molecule has 0 aromatic heterocycles. The molecule has 1 aliphatic carbocycles. The predicted octanol–water partition coefficient (Wildman–Crippen LogP) is 2.94. The summed E-state index contributed by atoms with van der Waals surface area (Å²) in [4.78, 5) is 0. The van der Waals surface area contributed by atoms with E-state index in [4.69, 9.17) is 0 Å². The standard InChI is InChI=1S/C14H30N2/c1-2-15-11-7-12-16-13-10-14-8-5-3-4-6-9-14/h14-16H,2-13H2,1H3. The zero-order chi connectivity index (χ0) is 11.5. The van der Waals surface area contributed by atoms with Crippen LogP contribution in [0.5, 0.6) is 0 Å². The molecule has 1 rings (SSSR count). The van der Waals surface area contributed by atoms with Gasteiger partial charge in [-0.05, 0) is 44.9 Å². The molecule has 0 saturated heterocycles. The summed E-state index contributed by atoms with van der Waals surface area (Å²) in [7, 11) is 0. The van der Waals surface area contributed by atoms with Crippen LogP contribution >= 0.6 is 0 Å². The Balaban J connectivity index is 1.86. The van der Waals surface area contributed by atoms with Crippen molar-refractivity contribution in [2.24, 2.45) is 5.92 Å². The molecular formula is C14H30N2. The molecule has 1 aliphatic rings. The lowest BCUT2D eigenvalue weighted by Crippen LogP contribution is -2.23. The van der Waals surface area contributed by atoms with Gasteiger partial charge in [0.15, 0.2) is 0 Å². The van der Waals surface area contributed by atoms with Crippen LogP contribution in [0.3, 0.4) is 0 Å². The fraction of sp³-hybridized carbons (Fsp3) is 1.00. The van der Waals surface area contributed by atoms with Gasteiger partial charge in [0.25, 0.3) is 0 Å². The van der Waals surface area contributed by atoms with Crippen LogP contribution in [0.1, 0.15) is 58.3 Å². The maximum absolute atomic E-state index is 3.57. The highest BCUT2D eigenvalue weighted by atomic mass is 14.9. The van der Waals surface area contributed by atoms with E-state index in [9.17, 15) is 0 Å². The van der Waals surface area contributed by atoms with E-state index in [2.05, 4.69) is 17.6 Å². The zero-order valence-electron chi connectivity index (χ0n) is 11.1. The molecule has 1 saturated carbocycles. The van der Waals surface area contributed by atoms with Crippen molar-refractivity contribution in [3.05, 3.63) is 0 Å². The molecule has 0 unspecified atom stereocenters. The molecule has 0 aromatic rings. The lowest BCUT2D eigenvalue weighted by Gasteiger charge is -2.14. The first-order valence-corrected chi connectivity index (χ1v) is 7.35. The van der Waals surface area contributed by atoms with Gasteiger partial charge in [0, 0.05) is 0 Å². The third-order valence-electron chi connectivity index (χ3n) is 3.66. The summed E-state index contributed by atoms with van der Waals surface area (Å²) in [5.41, 5.74) is 0. The minimum atomic E-state index is 1.02. The molecule has 0 aliphatic heterocycles. The Morgan fingerprint density at radius 2 is 1.56 bits per heavy atom. The van der Waals surface area contributed by atoms with Crippen molar-refractivity contribution in [3.63, 3.8) is 0 Å². The van der Waals surface area contributed by atoms with E-state index in [1.165, 1.54) is 64.5 Å². The highest BCUT2D eigenvalue weighted by Gasteiger charge is 2.11. The molecular weight excluding hydrogens is 196 g/mol. The summed E-state index contributed by atoms with van der Waals surface area (Å²) in [6.07, 6.45) is 11.5. The fourth-order valence-electron chi connectivity index (χ4n) is 2.60. The van der Waals surface area contributed by atoms with Crippen LogP contribution in [0.25, 0.3) is 0 Å². The average Bonchev–Trinajstić information content (AvgIpc) is 2.56. The van der Waals surface area contributed by atoms with Crippen LogP contribution in [0.15, 0.2) is 0 Å². The highest BCUT2D eigenvalue weighted by Crippen LogP contribution is 2.24. The van der Waals surface area contributed by atoms with Crippen molar-refractivity contribution in [1.82, 2.24) is 10.6 Å². The molecule has 1 fully saturated rings. The van der Waals surface area contributed by atoms with Gasteiger partial charge < -0.3 is 10.6 Å². The molecule has 0 bridgehead atoms. The quantitative estimate of drug-likeness (QED) is 0.491. The molecule has 2 nitrogen and oxygen atoms in total. The topological polar surface area (TPSA) is 24.1 Å². The Labute approximate surface area is 102 Å². The average molecular weight is 226 g/mol. The molecule has 0 heterocycles. The van der Waals surface area contributed by atoms with Crippen LogP contribution in [-0.2, 0) is 0 Å². The molecule has 0 atom stereocenters. The summed E-state index contributed by atoms with van der Waals surface area (Å²) in [5, 5.41) is 6.93. The predicted molar refractivity (Wildman–Crippen MR) is 71.8 cm³/mol. The van der Waals surface area contributed by atoms with Gasteiger partial charge in [-0.1, -0.05) is 45.4 Å². The molecule has 0 radical (unpaired) electrons. The lowest BCUT2D eigenvalue weighted by molar-refractivity contribution is 0.414. The Kier molecular flexibility index (Phi) is 8.83. The van der Waals surface area contributed by atoms with E-state index >= 15 is 0 Å². The first-order chi connectivity index (χ1) is 7.93. The van der Waals surface area contributed by atoms with E-state index in [-0.39, 0.29) is 0 Å². The van der Waals surface area contributed by atoms with Crippen LogP contribution < -0.4 is 10.6 Å². The fourth-order valence-corrected chi connectivity index (χ4v) is 2.60. The third kappa shape index (κ3) is 7.24. The second-order valence-electron chi connectivity index (χ2n) is 5.10. The lowest BCUT2D eigenvalue weighted by atomic mass is 9.97. The minimum Gasteiger partial charge on any atom is -0.317 e. The summed E-state index contributed by atoms with van der Waals surface area (Å²) in [6.45, 7) is 6.84. The monoisotopic (exact) mass is 226 g/mol. The molecule has 0 amide bonds. The van der Waals surface area contributed by atoms with Crippen LogP contribution in [0, 0.1) is 5.92 Å². The normalized spacial score (nSPS) is 18.6. The molecule has 96 valence electrons. The van der Waals surface area contributed by atoms with Gasteiger partial charge in [0.05, 0.1) is 0 Å². The minimum absolute atomic E-state index is 1.02. The van der Waals surface area contributed by atoms with Gasteiger partial charge in [-0.15, -0.1) is 0 Å². The summed E-state index contributed by atoms with van der Waals surface area (Å²) in [6, 6.07) is 0. The van der Waals surface area contributed by atoms with E-state index in [0.29, 0.717) is 0 Å². The number of rotatable bonds is 8. The van der Waals surface area contributed by atoms with Gasteiger partial charge in [-0.3, -0.25) is 0 Å². The molecule has 2 N–H and O–H groups in total. The van der Waals surface area contributed by atoms with Gasteiger partial charge in [0.1, 0.15) is 0 Å². The summed E-state index contributed by atoms with van der Waals surface area (Å²) < 4.78 is 0. The van der Waals surface area contributed by atoms with E-state index in [0.717, 1.165) is 19.0 Å². The second kappa shape index (κ2) is 10.1. The van der Waals surface area contributed by atoms with E-state index < -0.39 is 0 Å². The first-order valence-electron chi connectivity index (χ1n) is 7.35. The van der Waals surface area contributed by atoms with Gasteiger partial charge in [-0.25, -0.2) is 0 Å². The molecule has 0 spiro atoms. The van der Waals surface area contributed by atoms with Gasteiger partial charge in [0.2, 0.25) is 0 Å². The number of hydrogen-bond acceptors (Lipinski definition) is 2. The molecule has 0 aromatic carbocycles. The van der Waals surface area contributed by atoms with Crippen molar-refractivity contribution < 1.29 is 0 Å². The first kappa shape index (κ1) is 14.0. The van der Waals surface area contributed by atoms with E-state index in [1.54, 1.807) is 0 Å². The molecule has 16 heavy (non-hydrogen) atoms. The van der Waals surface area contributed by atoms with E-state index in [1.807, 2.05) is 0 Å². The zero-order valence-corrected chi connectivity index (χ0v) is 11.1. The van der Waals surface area contributed by atoms with Crippen molar-refractivity contribution in [3.8, 4) is 0 Å². The smallest absolute Gasteiger partial charge is 0.00368 e. The Bertz CT molecular complexity index is 140. The Hall–Kier alpha value is -0.0800. The summed E-state index contributed by atoms with van der Waals surface area (Å²) >= 11 is 0. The van der Waals surface area contributed by atoms with Crippen LogP contribution in [-0.4, -0.2) is 26.2 Å². The maximum Gasteiger partial charge on any atom is -0.00368 e. The SMILES string of the molecule is CCNCCCNCCC1CCCCCC1. The Morgan fingerprint density at radius 3 is 2.25 bits per heavy atom.